The highest BCUT2D eigenvalue weighted by Gasteiger charge is 2.11. The van der Waals surface area contributed by atoms with Crippen LogP contribution in [-0.2, 0) is 0 Å². The Morgan fingerprint density at radius 2 is 1.69 bits per heavy atom. The molecule has 0 spiro atoms. The third kappa shape index (κ3) is 6.21. The zero-order valence-corrected chi connectivity index (χ0v) is 16.0. The molecule has 1 aliphatic rings. The molecule has 0 bridgehead atoms. The summed E-state index contributed by atoms with van der Waals surface area (Å²) in [6.45, 7) is 5.64. The van der Waals surface area contributed by atoms with E-state index in [9.17, 15) is 0 Å². The van der Waals surface area contributed by atoms with Crippen LogP contribution in [0.4, 0.5) is 0 Å². The van der Waals surface area contributed by atoms with E-state index in [1.165, 1.54) is 24.0 Å². The van der Waals surface area contributed by atoms with Gasteiger partial charge < -0.3 is 9.47 Å². The monoisotopic (exact) mass is 351 g/mol. The number of benzene rings is 1. The predicted octanol–water partition coefficient (Wildman–Crippen LogP) is 5.89. The summed E-state index contributed by atoms with van der Waals surface area (Å²) in [7, 11) is 0. The highest BCUT2D eigenvalue weighted by molar-refractivity contribution is 5.60. The van der Waals surface area contributed by atoms with Crippen molar-refractivity contribution in [2.24, 2.45) is 0 Å². The van der Waals surface area contributed by atoms with Gasteiger partial charge in [-0.15, -0.1) is 0 Å². The van der Waals surface area contributed by atoms with Crippen molar-refractivity contribution >= 4 is 6.08 Å². The minimum Gasteiger partial charge on any atom is -0.494 e. The molecule has 3 nitrogen and oxygen atoms in total. The minimum atomic E-state index is 0.726. The second-order valence-electron chi connectivity index (χ2n) is 7.05. The smallest absolute Gasteiger partial charge is 0.213 e. The zero-order chi connectivity index (χ0) is 18.2. The van der Waals surface area contributed by atoms with E-state index in [-0.39, 0.29) is 0 Å². The first-order valence-electron chi connectivity index (χ1n) is 9.70. The van der Waals surface area contributed by atoms with Crippen LogP contribution < -0.4 is 9.47 Å². The Balaban J connectivity index is 1.26. The van der Waals surface area contributed by atoms with Crippen molar-refractivity contribution in [2.45, 2.75) is 52.4 Å². The number of allylic oxidation sites excluding steroid dienone is 1. The van der Waals surface area contributed by atoms with E-state index < -0.39 is 0 Å². The lowest BCUT2D eigenvalue weighted by Gasteiger charge is -2.09. The molecule has 0 radical (unpaired) electrons. The average molecular weight is 351 g/mol. The van der Waals surface area contributed by atoms with E-state index in [1.54, 1.807) is 5.57 Å². The maximum absolute atomic E-state index is 5.89. The van der Waals surface area contributed by atoms with Crippen molar-refractivity contribution in [3.63, 3.8) is 0 Å². The predicted molar refractivity (Wildman–Crippen MR) is 107 cm³/mol. The van der Waals surface area contributed by atoms with Gasteiger partial charge in [-0.05, 0) is 81.7 Å². The number of unbranched alkanes of at least 4 members (excludes halogenated alkanes) is 3. The first-order valence-corrected chi connectivity index (χ1v) is 9.70. The topological polar surface area (TPSA) is 31.4 Å². The molecular formula is C23H29NO2. The Bertz CT molecular complexity index is 746. The van der Waals surface area contributed by atoms with E-state index in [0.29, 0.717) is 0 Å². The summed E-state index contributed by atoms with van der Waals surface area (Å²) in [5.41, 5.74) is 5.17. The zero-order valence-electron chi connectivity index (χ0n) is 16.0. The van der Waals surface area contributed by atoms with Gasteiger partial charge in [0.2, 0.25) is 5.88 Å². The van der Waals surface area contributed by atoms with Gasteiger partial charge in [-0.3, -0.25) is 0 Å². The highest BCUT2D eigenvalue weighted by atomic mass is 16.5. The molecule has 2 aromatic rings. The molecule has 0 unspecified atom stereocenters. The highest BCUT2D eigenvalue weighted by Crippen LogP contribution is 2.31. The normalized spacial score (nSPS) is 12.8. The lowest BCUT2D eigenvalue weighted by atomic mass is 10.1. The van der Waals surface area contributed by atoms with Crippen LogP contribution in [0.2, 0.25) is 0 Å². The third-order valence-electron chi connectivity index (χ3n) is 4.56. The molecule has 138 valence electrons. The van der Waals surface area contributed by atoms with Gasteiger partial charge in [0.15, 0.2) is 0 Å². The van der Waals surface area contributed by atoms with Crippen molar-refractivity contribution < 1.29 is 9.47 Å². The van der Waals surface area contributed by atoms with E-state index in [4.69, 9.17) is 9.47 Å². The van der Waals surface area contributed by atoms with Crippen LogP contribution in [0.5, 0.6) is 11.6 Å². The van der Waals surface area contributed by atoms with Crippen LogP contribution in [0.25, 0.3) is 6.08 Å². The molecule has 0 aliphatic heterocycles. The fourth-order valence-corrected chi connectivity index (χ4v) is 2.86. The van der Waals surface area contributed by atoms with Crippen LogP contribution >= 0.6 is 0 Å². The maximum atomic E-state index is 5.89. The third-order valence-corrected chi connectivity index (χ3v) is 4.56. The van der Waals surface area contributed by atoms with Gasteiger partial charge in [0.25, 0.3) is 0 Å². The first kappa shape index (κ1) is 18.5. The molecule has 0 N–H and O–H groups in total. The number of aryl methyl sites for hydroxylation is 2. The summed E-state index contributed by atoms with van der Waals surface area (Å²) in [5, 5.41) is 0. The maximum Gasteiger partial charge on any atom is 0.213 e. The number of hydrogen-bond acceptors (Lipinski definition) is 3. The van der Waals surface area contributed by atoms with E-state index >= 15 is 0 Å². The SMILES string of the molecule is Cc1cccc(OCCCCCCOc2ccc(C=C3CC3)c(C)c2)n1. The molecule has 0 amide bonds. The standard InChI is InChI=1S/C23H29NO2/c1-18-16-22(13-12-21(18)17-20-10-11-20)25-14-5-3-4-6-15-26-23-9-7-8-19(2)24-23/h7-9,12-13,16-17H,3-6,10-11,14-15H2,1-2H3. The Labute approximate surface area is 157 Å². The summed E-state index contributed by atoms with van der Waals surface area (Å²) >= 11 is 0. The molecule has 1 heterocycles. The average Bonchev–Trinajstić information content (AvgIpc) is 3.44. The summed E-state index contributed by atoms with van der Waals surface area (Å²) in [6.07, 6.45) is 9.29. The molecule has 1 fully saturated rings. The van der Waals surface area contributed by atoms with Crippen molar-refractivity contribution in [1.29, 1.82) is 0 Å². The number of ether oxygens (including phenoxy) is 2. The number of hydrogen-bond donors (Lipinski definition) is 0. The summed E-state index contributed by atoms with van der Waals surface area (Å²) < 4.78 is 11.6. The number of pyridine rings is 1. The lowest BCUT2D eigenvalue weighted by Crippen LogP contribution is -2.01. The molecule has 1 aromatic heterocycles. The molecular weight excluding hydrogens is 322 g/mol. The second-order valence-corrected chi connectivity index (χ2v) is 7.05. The number of aromatic nitrogens is 1. The van der Waals surface area contributed by atoms with Crippen LogP contribution in [0.15, 0.2) is 42.0 Å². The summed E-state index contributed by atoms with van der Waals surface area (Å²) in [4.78, 5) is 4.34. The van der Waals surface area contributed by atoms with Gasteiger partial charge in [-0.25, -0.2) is 4.98 Å². The van der Waals surface area contributed by atoms with Crippen molar-refractivity contribution in [2.75, 3.05) is 13.2 Å². The first-order chi connectivity index (χ1) is 12.7. The van der Waals surface area contributed by atoms with Gasteiger partial charge in [0, 0.05) is 11.8 Å². The minimum absolute atomic E-state index is 0.726. The number of nitrogens with zero attached hydrogens (tertiary/aromatic N) is 1. The van der Waals surface area contributed by atoms with Crippen LogP contribution in [-0.4, -0.2) is 18.2 Å². The Morgan fingerprint density at radius 3 is 2.38 bits per heavy atom. The molecule has 0 atom stereocenters. The lowest BCUT2D eigenvalue weighted by molar-refractivity contribution is 0.281. The quantitative estimate of drug-likeness (QED) is 0.500. The van der Waals surface area contributed by atoms with Crippen molar-refractivity contribution in [1.82, 2.24) is 4.98 Å². The van der Waals surface area contributed by atoms with Crippen LogP contribution in [0.3, 0.4) is 0 Å². The van der Waals surface area contributed by atoms with Crippen molar-refractivity contribution in [3.05, 3.63) is 58.8 Å². The van der Waals surface area contributed by atoms with Gasteiger partial charge in [-0.2, -0.15) is 0 Å². The molecule has 3 heteroatoms. The molecule has 1 aliphatic carbocycles. The van der Waals surface area contributed by atoms with E-state index in [0.717, 1.165) is 56.2 Å². The van der Waals surface area contributed by atoms with Gasteiger partial charge >= 0.3 is 0 Å². The Morgan fingerprint density at radius 1 is 0.923 bits per heavy atom. The van der Waals surface area contributed by atoms with Crippen LogP contribution in [0, 0.1) is 13.8 Å². The van der Waals surface area contributed by atoms with Gasteiger partial charge in [0.1, 0.15) is 5.75 Å². The van der Waals surface area contributed by atoms with E-state index in [1.807, 2.05) is 25.1 Å². The van der Waals surface area contributed by atoms with Crippen LogP contribution in [0.1, 0.15) is 55.3 Å². The molecule has 3 rings (SSSR count). The molecule has 1 saturated carbocycles. The largest absolute Gasteiger partial charge is 0.494 e. The second kappa shape index (κ2) is 9.42. The van der Waals surface area contributed by atoms with Gasteiger partial charge in [0.05, 0.1) is 13.2 Å². The molecule has 1 aromatic carbocycles. The Kier molecular flexibility index (Phi) is 6.70. The van der Waals surface area contributed by atoms with E-state index in [2.05, 4.69) is 36.2 Å². The molecule has 0 saturated heterocycles. The van der Waals surface area contributed by atoms with Crippen molar-refractivity contribution in [3.8, 4) is 11.6 Å². The summed E-state index contributed by atoms with van der Waals surface area (Å²) in [6, 6.07) is 12.3. The fraction of sp³-hybridized carbons (Fsp3) is 0.435. The van der Waals surface area contributed by atoms with Gasteiger partial charge in [-0.1, -0.05) is 23.8 Å². The number of rotatable bonds is 10. The molecule has 26 heavy (non-hydrogen) atoms. The Hall–Kier alpha value is -2.29. The summed E-state index contributed by atoms with van der Waals surface area (Å²) in [5.74, 6) is 1.71. The fourth-order valence-electron chi connectivity index (χ4n) is 2.86.